The van der Waals surface area contributed by atoms with Gasteiger partial charge in [-0.1, -0.05) is 6.07 Å². The third-order valence-electron chi connectivity index (χ3n) is 4.99. The van der Waals surface area contributed by atoms with Crippen molar-refractivity contribution in [3.05, 3.63) is 65.7 Å². The number of thiophene rings is 1. The second kappa shape index (κ2) is 9.19. The van der Waals surface area contributed by atoms with E-state index in [0.29, 0.717) is 5.56 Å². The van der Waals surface area contributed by atoms with Crippen LogP contribution >= 0.6 is 11.3 Å². The highest BCUT2D eigenvalue weighted by Gasteiger charge is 2.43. The molecule has 1 atom stereocenters. The van der Waals surface area contributed by atoms with Crippen molar-refractivity contribution in [2.24, 2.45) is 0 Å². The maximum Gasteiger partial charge on any atom is 0.573 e. The number of pyridine rings is 1. The number of hydrogen-bond donors (Lipinski definition) is 1. The van der Waals surface area contributed by atoms with E-state index in [1.54, 1.807) is 17.5 Å². The molecule has 0 aliphatic carbocycles. The molecule has 0 radical (unpaired) electrons. The fraction of sp³-hybridized carbons (Fsp3) is 0.190. The molecular formula is C21H17F3N4O5S2. The number of benzene rings is 1. The van der Waals surface area contributed by atoms with Gasteiger partial charge in [-0.15, -0.1) is 24.5 Å². The van der Waals surface area contributed by atoms with Crippen LogP contribution in [0.15, 0.2) is 64.3 Å². The van der Waals surface area contributed by atoms with Gasteiger partial charge in [0.05, 0.1) is 5.69 Å². The molecule has 2 aromatic heterocycles. The first-order chi connectivity index (χ1) is 16.4. The van der Waals surface area contributed by atoms with Gasteiger partial charge < -0.3 is 9.64 Å². The fourth-order valence-electron chi connectivity index (χ4n) is 3.38. The molecule has 0 bridgehead atoms. The summed E-state index contributed by atoms with van der Waals surface area (Å²) in [5, 5.41) is 1.62. The predicted molar refractivity (Wildman–Crippen MR) is 120 cm³/mol. The number of urea groups is 1. The Balaban J connectivity index is 1.50. The Morgan fingerprint density at radius 3 is 2.49 bits per heavy atom. The Morgan fingerprint density at radius 1 is 1.14 bits per heavy atom. The van der Waals surface area contributed by atoms with Crippen LogP contribution in [0, 0.1) is 0 Å². The number of carbonyl (C=O) groups excluding carboxylic acids is 2. The lowest BCUT2D eigenvalue weighted by molar-refractivity contribution is -0.274. The molecule has 4 rings (SSSR count). The van der Waals surface area contributed by atoms with Crippen molar-refractivity contribution in [2.45, 2.75) is 30.1 Å². The van der Waals surface area contributed by atoms with Gasteiger partial charge in [-0.05, 0) is 60.3 Å². The first-order valence-electron chi connectivity index (χ1n) is 9.96. The van der Waals surface area contributed by atoms with E-state index in [9.17, 15) is 31.2 Å². The van der Waals surface area contributed by atoms with Gasteiger partial charge >= 0.3 is 12.4 Å². The molecule has 14 heteroatoms. The number of carbonyl (C=O) groups is 2. The highest BCUT2D eigenvalue weighted by Crippen LogP contribution is 2.30. The molecule has 3 heterocycles. The molecule has 0 saturated carbocycles. The number of anilines is 2. The summed E-state index contributed by atoms with van der Waals surface area (Å²) < 4.78 is 68.3. The number of aromatic nitrogens is 1. The van der Waals surface area contributed by atoms with Crippen LogP contribution in [0.25, 0.3) is 0 Å². The fourth-order valence-corrected chi connectivity index (χ4v) is 5.37. The number of nitrogens with one attached hydrogen (secondary N) is 1. The number of ether oxygens (including phenoxy) is 1. The first-order valence-corrected chi connectivity index (χ1v) is 12.3. The molecule has 1 aliphatic rings. The molecule has 1 aliphatic heterocycles. The molecule has 184 valence electrons. The zero-order valence-corrected chi connectivity index (χ0v) is 19.5. The third kappa shape index (κ3) is 5.38. The second-order valence-corrected chi connectivity index (χ2v) is 10.2. The molecule has 9 nitrogen and oxygen atoms in total. The van der Waals surface area contributed by atoms with Gasteiger partial charge in [-0.25, -0.2) is 23.1 Å². The third-order valence-corrected chi connectivity index (χ3v) is 7.74. The number of halogens is 3. The molecule has 1 aromatic carbocycles. The van der Waals surface area contributed by atoms with Crippen LogP contribution in [0.5, 0.6) is 5.75 Å². The zero-order chi connectivity index (χ0) is 25.4. The quantitative estimate of drug-likeness (QED) is 0.463. The zero-order valence-electron chi connectivity index (χ0n) is 17.9. The number of hydrogen-bond acceptors (Lipinski definition) is 7. The van der Waals surface area contributed by atoms with Crippen molar-refractivity contribution in [2.75, 3.05) is 9.62 Å². The molecule has 1 fully saturated rings. The molecule has 1 unspecified atom stereocenters. The van der Waals surface area contributed by atoms with Crippen LogP contribution in [0.2, 0.25) is 0 Å². The summed E-state index contributed by atoms with van der Waals surface area (Å²) in [7, 11) is -3.82. The largest absolute Gasteiger partial charge is 0.573 e. The normalized spacial score (nSPS) is 16.6. The van der Waals surface area contributed by atoms with Crippen LogP contribution in [0.1, 0.15) is 12.5 Å². The van der Waals surface area contributed by atoms with Crippen molar-refractivity contribution < 1.29 is 35.9 Å². The summed E-state index contributed by atoms with van der Waals surface area (Å²) in [6, 6.07) is 8.89. The molecule has 35 heavy (non-hydrogen) atoms. The topological polar surface area (TPSA) is 109 Å². The average molecular weight is 527 g/mol. The Labute approximate surface area is 201 Å². The van der Waals surface area contributed by atoms with Crippen LogP contribution < -0.4 is 14.4 Å². The van der Waals surface area contributed by atoms with E-state index in [-0.39, 0.29) is 22.3 Å². The average Bonchev–Trinajstić information content (AvgIpc) is 3.39. The summed E-state index contributed by atoms with van der Waals surface area (Å²) in [4.78, 5) is 31.9. The van der Waals surface area contributed by atoms with E-state index >= 15 is 0 Å². The highest BCUT2D eigenvalue weighted by atomic mass is 32.2. The van der Waals surface area contributed by atoms with Crippen molar-refractivity contribution in [1.29, 1.82) is 0 Å². The van der Waals surface area contributed by atoms with Crippen molar-refractivity contribution in [3.63, 3.8) is 0 Å². The molecule has 1 N–H and O–H groups in total. The number of alkyl halides is 3. The monoisotopic (exact) mass is 526 g/mol. The Bertz CT molecular complexity index is 1350. The van der Waals surface area contributed by atoms with Crippen LogP contribution in [0.4, 0.5) is 29.5 Å². The van der Waals surface area contributed by atoms with Gasteiger partial charge in [-0.2, -0.15) is 0 Å². The minimum Gasteiger partial charge on any atom is -0.406 e. The van der Waals surface area contributed by atoms with Crippen molar-refractivity contribution in [3.8, 4) is 5.75 Å². The number of amides is 3. The highest BCUT2D eigenvalue weighted by molar-refractivity contribution is 7.94. The van der Waals surface area contributed by atoms with E-state index in [0.717, 1.165) is 28.4 Å². The smallest absolute Gasteiger partial charge is 0.406 e. The van der Waals surface area contributed by atoms with Crippen LogP contribution in [-0.2, 0) is 21.4 Å². The number of sulfonamides is 1. The van der Waals surface area contributed by atoms with Crippen molar-refractivity contribution >= 4 is 44.8 Å². The summed E-state index contributed by atoms with van der Waals surface area (Å²) in [5.74, 6) is -1.01. The molecule has 1 saturated heterocycles. The van der Waals surface area contributed by atoms with E-state index in [4.69, 9.17) is 0 Å². The van der Waals surface area contributed by atoms with Crippen molar-refractivity contribution in [1.82, 2.24) is 9.88 Å². The van der Waals surface area contributed by atoms with E-state index in [1.807, 2.05) is 0 Å². The first kappa shape index (κ1) is 24.5. The minimum atomic E-state index is -4.87. The summed E-state index contributed by atoms with van der Waals surface area (Å²) in [5.41, 5.74) is 0.593. The lowest BCUT2D eigenvalue weighted by atomic mass is 10.2. The predicted octanol–water partition coefficient (Wildman–Crippen LogP) is 4.20. The lowest BCUT2D eigenvalue weighted by Crippen LogP contribution is -2.33. The summed E-state index contributed by atoms with van der Waals surface area (Å²) in [6.45, 7) is 1.48. The Hall–Kier alpha value is -3.65. The number of nitrogens with zero attached hydrogens (tertiary/aromatic N) is 3. The standard InChI is InChI=1S/C21H17F3N4O5S2/c1-13-19(29)28(15-4-6-16(7-5-15)33-21(22,23)24)20(30)27(13)12-14-8-9-25-17(11-14)26-35(31,32)18-3-2-10-34-18/h2-11,13H,12H2,1H3,(H,25,26). The summed E-state index contributed by atoms with van der Waals surface area (Å²) in [6.07, 6.45) is -3.50. The van der Waals surface area contributed by atoms with Gasteiger partial charge in [0.15, 0.2) is 0 Å². The van der Waals surface area contributed by atoms with Gasteiger partial charge in [0.25, 0.3) is 15.9 Å². The van der Waals surface area contributed by atoms with Gasteiger partial charge in [0, 0.05) is 12.7 Å². The maximum atomic E-state index is 13.0. The SMILES string of the molecule is CC1C(=O)N(c2ccc(OC(F)(F)F)cc2)C(=O)N1Cc1ccnc(NS(=O)(=O)c2cccs2)c1. The van der Waals surface area contributed by atoms with Gasteiger partial charge in [0.2, 0.25) is 0 Å². The molecule has 3 amide bonds. The minimum absolute atomic E-state index is 0.0340. The summed E-state index contributed by atoms with van der Waals surface area (Å²) >= 11 is 1.04. The molecule has 3 aromatic rings. The number of rotatable bonds is 7. The van der Waals surface area contributed by atoms with Gasteiger partial charge in [0.1, 0.15) is 21.8 Å². The Kier molecular flexibility index (Phi) is 6.42. The van der Waals surface area contributed by atoms with E-state index in [1.165, 1.54) is 42.3 Å². The van der Waals surface area contributed by atoms with Crippen LogP contribution in [0.3, 0.4) is 0 Å². The Morgan fingerprint density at radius 2 is 1.86 bits per heavy atom. The molecule has 0 spiro atoms. The molecular weight excluding hydrogens is 509 g/mol. The lowest BCUT2D eigenvalue weighted by Gasteiger charge is -2.20. The van der Waals surface area contributed by atoms with E-state index in [2.05, 4.69) is 14.4 Å². The van der Waals surface area contributed by atoms with Crippen LogP contribution in [-0.4, -0.2) is 42.6 Å². The second-order valence-electron chi connectivity index (χ2n) is 7.39. The maximum absolute atomic E-state index is 13.0. The van der Waals surface area contributed by atoms with Gasteiger partial charge in [-0.3, -0.25) is 9.52 Å². The number of imide groups is 1. The van der Waals surface area contributed by atoms with E-state index < -0.39 is 40.1 Å².